The summed E-state index contributed by atoms with van der Waals surface area (Å²) < 4.78 is 5.42. The number of anilines is 4. The van der Waals surface area contributed by atoms with E-state index in [2.05, 4.69) is 0 Å². The van der Waals surface area contributed by atoms with E-state index in [0.29, 0.717) is 11.4 Å². The van der Waals surface area contributed by atoms with Crippen molar-refractivity contribution in [2.45, 2.75) is 29.4 Å². The van der Waals surface area contributed by atoms with E-state index in [1.165, 1.54) is 36.0 Å². The molecule has 0 radical (unpaired) electrons. The minimum atomic E-state index is -0.682. The number of carbonyl (C=O) groups is 4. The van der Waals surface area contributed by atoms with Crippen molar-refractivity contribution in [2.24, 2.45) is 0 Å². The number of benzene rings is 4. The van der Waals surface area contributed by atoms with E-state index in [-0.39, 0.29) is 29.7 Å². The van der Waals surface area contributed by atoms with E-state index in [1.807, 2.05) is 66.7 Å². The Balaban J connectivity index is 1.13. The number of carbonyl (C=O) groups excluding carboxylic acids is 4. The van der Waals surface area contributed by atoms with Crippen molar-refractivity contribution in [1.82, 2.24) is 0 Å². The van der Waals surface area contributed by atoms with Crippen molar-refractivity contribution in [3.05, 3.63) is 114 Å². The highest BCUT2D eigenvalue weighted by molar-refractivity contribution is 8.00. The number of nitrogens with two attached hydrogens (primary N) is 1. The molecule has 2 aliphatic heterocycles. The third-order valence-electron chi connectivity index (χ3n) is 7.36. The van der Waals surface area contributed by atoms with Crippen molar-refractivity contribution >= 4 is 58.2 Å². The van der Waals surface area contributed by atoms with Crippen LogP contribution in [0.4, 0.5) is 22.7 Å². The molecular weight excluding hydrogens is 550 g/mol. The molecule has 6 rings (SSSR count). The number of thioether (sulfide) groups is 1. The van der Waals surface area contributed by atoms with Crippen LogP contribution in [0.2, 0.25) is 0 Å². The number of esters is 1. The molecule has 0 spiro atoms. The largest absolute Gasteiger partial charge is 0.452 e. The van der Waals surface area contributed by atoms with Crippen molar-refractivity contribution in [3.8, 4) is 0 Å². The summed E-state index contributed by atoms with van der Waals surface area (Å²) in [4.78, 5) is 55.7. The second-order valence-electron chi connectivity index (χ2n) is 10.0. The summed E-state index contributed by atoms with van der Waals surface area (Å²) in [6, 6.07) is 28.7. The molecule has 1 saturated heterocycles. The summed E-state index contributed by atoms with van der Waals surface area (Å²) in [5.41, 5.74) is 10.8. The number of ether oxygens (including phenoxy) is 1. The highest BCUT2D eigenvalue weighted by atomic mass is 32.2. The lowest BCUT2D eigenvalue weighted by Gasteiger charge is -2.24. The maximum atomic E-state index is 13.5. The molecule has 0 unspecified atom stereocenters. The van der Waals surface area contributed by atoms with Crippen molar-refractivity contribution in [3.63, 3.8) is 0 Å². The van der Waals surface area contributed by atoms with Crippen molar-refractivity contribution in [2.75, 3.05) is 22.1 Å². The molecule has 8 nitrogen and oxygen atoms in total. The Bertz CT molecular complexity index is 1660. The fraction of sp³-hybridized carbons (Fsp3) is 0.152. The Kier molecular flexibility index (Phi) is 7.50. The fourth-order valence-corrected chi connectivity index (χ4v) is 6.38. The molecule has 0 bridgehead atoms. The number of fused-ring (bicyclic) bond motifs is 2. The number of hydrogen-bond acceptors (Lipinski definition) is 7. The van der Waals surface area contributed by atoms with Gasteiger partial charge in [-0.1, -0.05) is 48.5 Å². The number of hydrogen-bond donors (Lipinski definition) is 1. The zero-order valence-electron chi connectivity index (χ0n) is 22.6. The lowest BCUT2D eigenvalue weighted by Crippen LogP contribution is -2.31. The van der Waals surface area contributed by atoms with Gasteiger partial charge in [-0.3, -0.25) is 19.3 Å². The Hall–Kier alpha value is -4.89. The molecule has 210 valence electrons. The zero-order valence-corrected chi connectivity index (χ0v) is 23.4. The standard InChI is InChI=1S/C33H27N3O5S/c34-25-9-3-6-12-28(25)42-29-19-30(37)35(32(29)39)24-17-15-23(16-18-24)33(40)41-20-31(38)36-26-10-4-1-7-21(26)13-14-22-8-2-5-11-27(22)36/h1-12,15-18,29H,13-14,19-20,34H2/t29-/m0/s1. The first kappa shape index (κ1) is 27.3. The van der Waals surface area contributed by atoms with Gasteiger partial charge in [-0.2, -0.15) is 0 Å². The SMILES string of the molecule is Nc1ccccc1S[C@H]1CC(=O)N(c2ccc(C(=O)OCC(=O)N3c4ccccc4CCc4ccccc43)cc2)C1=O. The minimum Gasteiger partial charge on any atom is -0.452 e. The van der Waals surface area contributed by atoms with Crippen LogP contribution in [0.25, 0.3) is 0 Å². The summed E-state index contributed by atoms with van der Waals surface area (Å²) >= 11 is 1.26. The monoisotopic (exact) mass is 577 g/mol. The number of para-hydroxylation sites is 3. The third-order valence-corrected chi connectivity index (χ3v) is 8.64. The Morgan fingerprint density at radius 2 is 1.40 bits per heavy atom. The van der Waals surface area contributed by atoms with Crippen LogP contribution in [0.3, 0.4) is 0 Å². The van der Waals surface area contributed by atoms with Crippen LogP contribution in [0, 0.1) is 0 Å². The number of nitrogens with zero attached hydrogens (tertiary/aromatic N) is 2. The minimum absolute atomic E-state index is 0.0481. The Labute approximate surface area is 247 Å². The maximum Gasteiger partial charge on any atom is 0.338 e. The first-order valence-electron chi connectivity index (χ1n) is 13.5. The van der Waals surface area contributed by atoms with E-state index in [1.54, 1.807) is 11.0 Å². The van der Waals surface area contributed by atoms with Gasteiger partial charge in [0, 0.05) is 17.0 Å². The second-order valence-corrected chi connectivity index (χ2v) is 11.3. The lowest BCUT2D eigenvalue weighted by atomic mass is 10.0. The van der Waals surface area contributed by atoms with Crippen LogP contribution >= 0.6 is 11.8 Å². The van der Waals surface area contributed by atoms with Gasteiger partial charge >= 0.3 is 5.97 Å². The highest BCUT2D eigenvalue weighted by Crippen LogP contribution is 2.37. The summed E-state index contributed by atoms with van der Waals surface area (Å²) in [5.74, 6) is -1.71. The van der Waals surface area contributed by atoms with Gasteiger partial charge in [0.2, 0.25) is 11.8 Å². The first-order chi connectivity index (χ1) is 20.4. The molecule has 42 heavy (non-hydrogen) atoms. The quantitative estimate of drug-likeness (QED) is 0.188. The van der Waals surface area contributed by atoms with E-state index < -0.39 is 17.8 Å². The Morgan fingerprint density at radius 1 is 0.810 bits per heavy atom. The van der Waals surface area contributed by atoms with E-state index in [9.17, 15) is 19.2 Å². The molecule has 3 amide bonds. The molecule has 0 aromatic heterocycles. The van der Waals surface area contributed by atoms with Crippen LogP contribution < -0.4 is 15.5 Å². The molecule has 1 atom stereocenters. The zero-order chi connectivity index (χ0) is 29.2. The van der Waals surface area contributed by atoms with Crippen LogP contribution in [0.1, 0.15) is 27.9 Å². The summed E-state index contributed by atoms with van der Waals surface area (Å²) in [5, 5.41) is -0.591. The lowest BCUT2D eigenvalue weighted by molar-refractivity contribution is -0.122. The van der Waals surface area contributed by atoms with E-state index in [4.69, 9.17) is 10.5 Å². The van der Waals surface area contributed by atoms with Crippen LogP contribution in [0.15, 0.2) is 102 Å². The topological polar surface area (TPSA) is 110 Å². The summed E-state index contributed by atoms with van der Waals surface area (Å²) in [7, 11) is 0. The van der Waals surface area contributed by atoms with Gasteiger partial charge in [-0.15, -0.1) is 11.8 Å². The van der Waals surface area contributed by atoms with Crippen LogP contribution in [-0.4, -0.2) is 35.5 Å². The fourth-order valence-electron chi connectivity index (χ4n) is 5.28. The maximum absolute atomic E-state index is 13.5. The Morgan fingerprint density at radius 3 is 2.05 bits per heavy atom. The average molecular weight is 578 g/mol. The highest BCUT2D eigenvalue weighted by Gasteiger charge is 2.40. The molecule has 4 aromatic rings. The first-order valence-corrected chi connectivity index (χ1v) is 14.4. The molecule has 4 aromatic carbocycles. The number of rotatable bonds is 6. The van der Waals surface area contributed by atoms with Gasteiger partial charge in [0.15, 0.2) is 6.61 Å². The van der Waals surface area contributed by atoms with Gasteiger partial charge in [0.25, 0.3) is 5.91 Å². The van der Waals surface area contributed by atoms with Gasteiger partial charge < -0.3 is 10.5 Å². The molecule has 2 heterocycles. The predicted molar refractivity (Wildman–Crippen MR) is 162 cm³/mol. The molecule has 0 aliphatic carbocycles. The number of imide groups is 1. The van der Waals surface area contributed by atoms with Gasteiger partial charge in [-0.05, 0) is 72.5 Å². The smallest absolute Gasteiger partial charge is 0.338 e. The van der Waals surface area contributed by atoms with Crippen LogP contribution in [-0.2, 0) is 32.0 Å². The molecule has 0 saturated carbocycles. The third kappa shape index (κ3) is 5.26. The molecule has 1 fully saturated rings. The van der Waals surface area contributed by atoms with Crippen LogP contribution in [0.5, 0.6) is 0 Å². The molecular formula is C33H27N3O5S. The van der Waals surface area contributed by atoms with Gasteiger partial charge in [0.1, 0.15) is 0 Å². The summed E-state index contributed by atoms with van der Waals surface area (Å²) in [6.07, 6.45) is 1.64. The molecule has 2 N–H and O–H groups in total. The molecule has 2 aliphatic rings. The number of aryl methyl sites for hydroxylation is 2. The second kappa shape index (κ2) is 11.5. The van der Waals surface area contributed by atoms with E-state index >= 15 is 0 Å². The van der Waals surface area contributed by atoms with Gasteiger partial charge in [-0.25, -0.2) is 9.69 Å². The summed E-state index contributed by atoms with van der Waals surface area (Å²) in [6.45, 7) is -0.451. The van der Waals surface area contributed by atoms with Crippen molar-refractivity contribution < 1.29 is 23.9 Å². The normalized spacial score (nSPS) is 16.0. The average Bonchev–Trinajstić information content (AvgIpc) is 3.18. The number of amides is 3. The number of nitrogen functional groups attached to an aromatic ring is 1. The van der Waals surface area contributed by atoms with Gasteiger partial charge in [0.05, 0.1) is 27.9 Å². The van der Waals surface area contributed by atoms with Crippen molar-refractivity contribution in [1.29, 1.82) is 0 Å². The molecule has 9 heteroatoms. The van der Waals surface area contributed by atoms with E-state index in [0.717, 1.165) is 45.1 Å². The predicted octanol–water partition coefficient (Wildman–Crippen LogP) is 5.31.